The first-order valence-electron chi connectivity index (χ1n) is 10.1. The Balaban J connectivity index is 0.00000289. The van der Waals surface area contributed by atoms with E-state index in [0.717, 1.165) is 55.0 Å². The Bertz CT molecular complexity index is 1080. The second-order valence-electron chi connectivity index (χ2n) is 7.44. The number of amides is 1. The van der Waals surface area contributed by atoms with Gasteiger partial charge in [0, 0.05) is 46.8 Å². The van der Waals surface area contributed by atoms with E-state index in [2.05, 4.69) is 4.90 Å². The maximum absolute atomic E-state index is 13.5. The minimum Gasteiger partial charge on any atom is -0.379 e. The number of hydrogen-bond donors (Lipinski definition) is 0. The molecule has 0 N–H and O–H groups in total. The molecule has 1 aliphatic rings. The summed E-state index contributed by atoms with van der Waals surface area (Å²) in [5.74, 6) is -0.172. The summed E-state index contributed by atoms with van der Waals surface area (Å²) in [6.45, 7) is 6.69. The number of thiazole rings is 1. The standard InChI is InChI=1S/C22H22Cl3N3O2S.ClH/c1-14-18(25)3-4-19-20(14)26-22(31-19)28(6-2-5-27-7-9-30-10-8-27)21(29)15-11-16(23)13-17(24)12-15;/h3-4,11-13H,2,5-10H2,1H3;1H. The van der Waals surface area contributed by atoms with Crippen LogP contribution in [0.25, 0.3) is 10.2 Å². The van der Waals surface area contributed by atoms with Crippen molar-refractivity contribution in [1.82, 2.24) is 9.88 Å². The number of nitrogens with zero attached hydrogens (tertiary/aromatic N) is 3. The summed E-state index contributed by atoms with van der Waals surface area (Å²) in [6, 6.07) is 8.70. The van der Waals surface area contributed by atoms with Crippen molar-refractivity contribution in [2.75, 3.05) is 44.3 Å². The molecule has 0 saturated carbocycles. The molecular weight excluding hydrogens is 512 g/mol. The van der Waals surface area contributed by atoms with Crippen LogP contribution in [-0.2, 0) is 4.74 Å². The highest BCUT2D eigenvalue weighted by Gasteiger charge is 2.23. The molecule has 32 heavy (non-hydrogen) atoms. The Labute approximate surface area is 212 Å². The average molecular weight is 535 g/mol. The summed E-state index contributed by atoms with van der Waals surface area (Å²) in [5, 5.41) is 2.16. The van der Waals surface area contributed by atoms with Crippen molar-refractivity contribution in [2.24, 2.45) is 0 Å². The number of aryl methyl sites for hydroxylation is 1. The van der Waals surface area contributed by atoms with E-state index in [9.17, 15) is 4.79 Å². The lowest BCUT2D eigenvalue weighted by Crippen LogP contribution is -2.39. The maximum atomic E-state index is 13.5. The van der Waals surface area contributed by atoms with Crippen LogP contribution in [0, 0.1) is 6.92 Å². The molecule has 0 bridgehead atoms. The van der Waals surface area contributed by atoms with Gasteiger partial charge in [0.15, 0.2) is 5.13 Å². The van der Waals surface area contributed by atoms with Gasteiger partial charge in [-0.3, -0.25) is 14.6 Å². The largest absolute Gasteiger partial charge is 0.379 e. The molecule has 0 radical (unpaired) electrons. The molecule has 1 saturated heterocycles. The molecule has 5 nitrogen and oxygen atoms in total. The first kappa shape index (κ1) is 25.5. The van der Waals surface area contributed by atoms with Crippen molar-refractivity contribution in [3.8, 4) is 0 Å². The maximum Gasteiger partial charge on any atom is 0.260 e. The monoisotopic (exact) mass is 533 g/mol. The minimum atomic E-state index is -0.172. The SMILES string of the molecule is Cc1c(Cl)ccc2sc(N(CCCN3CCOCC3)C(=O)c3cc(Cl)cc(Cl)c3)nc12.Cl. The lowest BCUT2D eigenvalue weighted by Gasteiger charge is -2.27. The van der Waals surface area contributed by atoms with Crippen LogP contribution in [-0.4, -0.2) is 55.2 Å². The van der Waals surface area contributed by atoms with E-state index in [1.54, 1.807) is 23.1 Å². The van der Waals surface area contributed by atoms with Gasteiger partial charge in [0.25, 0.3) is 5.91 Å². The van der Waals surface area contributed by atoms with Crippen LogP contribution in [0.5, 0.6) is 0 Å². The summed E-state index contributed by atoms with van der Waals surface area (Å²) in [5.41, 5.74) is 2.17. The van der Waals surface area contributed by atoms with Crippen LogP contribution in [0.4, 0.5) is 5.13 Å². The first-order chi connectivity index (χ1) is 14.9. The summed E-state index contributed by atoms with van der Waals surface area (Å²) in [4.78, 5) is 22.3. The molecule has 4 rings (SSSR count). The van der Waals surface area contributed by atoms with E-state index in [1.165, 1.54) is 11.3 Å². The van der Waals surface area contributed by atoms with Crippen LogP contribution in [0.2, 0.25) is 15.1 Å². The number of aromatic nitrogens is 1. The quantitative estimate of drug-likeness (QED) is 0.369. The minimum absolute atomic E-state index is 0. The van der Waals surface area contributed by atoms with Crippen molar-refractivity contribution >= 4 is 79.8 Å². The highest BCUT2D eigenvalue weighted by atomic mass is 35.5. The second kappa shape index (κ2) is 11.3. The molecule has 10 heteroatoms. The Hall–Kier alpha value is -1.12. The molecule has 0 unspecified atom stereocenters. The summed E-state index contributed by atoms with van der Waals surface area (Å²) >= 11 is 20.1. The van der Waals surface area contributed by atoms with Crippen LogP contribution in [0.1, 0.15) is 22.3 Å². The molecule has 2 aromatic carbocycles. The number of morpholine rings is 1. The highest BCUT2D eigenvalue weighted by Crippen LogP contribution is 2.34. The predicted octanol–water partition coefficient (Wildman–Crippen LogP) is 6.36. The van der Waals surface area contributed by atoms with E-state index in [4.69, 9.17) is 44.5 Å². The van der Waals surface area contributed by atoms with E-state index >= 15 is 0 Å². The van der Waals surface area contributed by atoms with Gasteiger partial charge in [0.1, 0.15) is 0 Å². The number of halogens is 4. The zero-order chi connectivity index (χ0) is 22.0. The zero-order valence-corrected chi connectivity index (χ0v) is 21.3. The van der Waals surface area contributed by atoms with Crippen LogP contribution >= 0.6 is 58.5 Å². The molecule has 0 spiro atoms. The molecule has 0 atom stereocenters. The summed E-state index contributed by atoms with van der Waals surface area (Å²) < 4.78 is 6.41. The predicted molar refractivity (Wildman–Crippen MR) is 137 cm³/mol. The second-order valence-corrected chi connectivity index (χ2v) is 9.73. The first-order valence-corrected chi connectivity index (χ1v) is 12.0. The van der Waals surface area contributed by atoms with Gasteiger partial charge < -0.3 is 4.74 Å². The van der Waals surface area contributed by atoms with Crippen LogP contribution in [0.3, 0.4) is 0 Å². The number of carbonyl (C=O) groups excluding carboxylic acids is 1. The molecule has 2 heterocycles. The van der Waals surface area contributed by atoms with Crippen LogP contribution < -0.4 is 4.90 Å². The fraction of sp³-hybridized carbons (Fsp3) is 0.364. The summed E-state index contributed by atoms with van der Waals surface area (Å²) in [7, 11) is 0. The Morgan fingerprint density at radius 1 is 1.16 bits per heavy atom. The number of carbonyl (C=O) groups is 1. The van der Waals surface area contributed by atoms with E-state index in [-0.39, 0.29) is 18.3 Å². The number of rotatable bonds is 6. The average Bonchev–Trinajstić information content (AvgIpc) is 3.18. The molecule has 1 aliphatic heterocycles. The molecule has 1 amide bonds. The number of anilines is 1. The van der Waals surface area contributed by atoms with Gasteiger partial charge >= 0.3 is 0 Å². The normalized spacial score (nSPS) is 14.4. The van der Waals surface area contributed by atoms with Crippen LogP contribution in [0.15, 0.2) is 30.3 Å². The molecular formula is C22H23Cl4N3O2S. The third-order valence-corrected chi connectivity index (χ3v) is 7.17. The lowest BCUT2D eigenvalue weighted by atomic mass is 10.2. The summed E-state index contributed by atoms with van der Waals surface area (Å²) in [6.07, 6.45) is 0.815. The molecule has 172 valence electrons. The van der Waals surface area contributed by atoms with Crippen molar-refractivity contribution in [1.29, 1.82) is 0 Å². The number of benzene rings is 2. The fourth-order valence-corrected chi connectivity index (χ4v) is 5.33. The van der Waals surface area contributed by atoms with Gasteiger partial charge in [-0.25, -0.2) is 4.98 Å². The van der Waals surface area contributed by atoms with E-state index < -0.39 is 0 Å². The van der Waals surface area contributed by atoms with Gasteiger partial charge in [0.05, 0.1) is 23.4 Å². The Morgan fingerprint density at radius 3 is 2.53 bits per heavy atom. The van der Waals surface area contributed by atoms with Gasteiger partial charge in [-0.15, -0.1) is 12.4 Å². The highest BCUT2D eigenvalue weighted by molar-refractivity contribution is 7.22. The smallest absolute Gasteiger partial charge is 0.260 e. The number of fused-ring (bicyclic) bond motifs is 1. The molecule has 1 fully saturated rings. The zero-order valence-electron chi connectivity index (χ0n) is 17.4. The van der Waals surface area contributed by atoms with Crippen molar-refractivity contribution in [2.45, 2.75) is 13.3 Å². The van der Waals surface area contributed by atoms with Crippen molar-refractivity contribution in [3.63, 3.8) is 0 Å². The third-order valence-electron chi connectivity index (χ3n) is 5.28. The molecule has 1 aromatic heterocycles. The Kier molecular flexibility index (Phi) is 9.04. The van der Waals surface area contributed by atoms with Gasteiger partial charge in [-0.05, 0) is 49.2 Å². The molecule has 3 aromatic rings. The molecule has 0 aliphatic carbocycles. The van der Waals surface area contributed by atoms with Crippen molar-refractivity contribution < 1.29 is 9.53 Å². The van der Waals surface area contributed by atoms with Crippen molar-refractivity contribution in [3.05, 3.63) is 56.5 Å². The van der Waals surface area contributed by atoms with Gasteiger partial charge in [-0.1, -0.05) is 46.1 Å². The third kappa shape index (κ3) is 5.86. The number of ether oxygens (including phenoxy) is 1. The lowest BCUT2D eigenvalue weighted by molar-refractivity contribution is 0.0376. The van der Waals surface area contributed by atoms with Gasteiger partial charge in [-0.2, -0.15) is 0 Å². The van der Waals surface area contributed by atoms with E-state index in [0.29, 0.717) is 32.3 Å². The van der Waals surface area contributed by atoms with E-state index in [1.807, 2.05) is 19.1 Å². The van der Waals surface area contributed by atoms with Gasteiger partial charge in [0.2, 0.25) is 0 Å². The number of hydrogen-bond acceptors (Lipinski definition) is 5. The fourth-order valence-electron chi connectivity index (χ4n) is 3.60. The topological polar surface area (TPSA) is 45.7 Å². The Morgan fingerprint density at radius 2 is 1.84 bits per heavy atom.